The van der Waals surface area contributed by atoms with Crippen LogP contribution in [-0.2, 0) is 16.1 Å². The first kappa shape index (κ1) is 16.1. The van der Waals surface area contributed by atoms with Gasteiger partial charge in [0.25, 0.3) is 0 Å². The molecular weight excluding hydrogens is 332 g/mol. The van der Waals surface area contributed by atoms with Crippen molar-refractivity contribution >= 4 is 29.1 Å². The second-order valence-electron chi connectivity index (χ2n) is 5.28. The van der Waals surface area contributed by atoms with Crippen molar-refractivity contribution in [2.45, 2.75) is 13.5 Å². The lowest BCUT2D eigenvalue weighted by atomic mass is 10.2. The number of anilines is 1. The van der Waals surface area contributed by atoms with E-state index in [1.54, 1.807) is 36.4 Å². The van der Waals surface area contributed by atoms with Crippen molar-refractivity contribution in [1.29, 1.82) is 0 Å². The molecule has 2 aromatic rings. The molecule has 0 aromatic heterocycles. The highest BCUT2D eigenvalue weighted by molar-refractivity contribution is 6.40. The topological polar surface area (TPSA) is 76.7 Å². The molecule has 1 heterocycles. The first-order valence-corrected chi connectivity index (χ1v) is 7.64. The van der Waals surface area contributed by atoms with Crippen LogP contribution < -0.4 is 20.1 Å². The van der Waals surface area contributed by atoms with Crippen LogP contribution in [0.15, 0.2) is 36.4 Å². The average Bonchev–Trinajstić information content (AvgIpc) is 3.03. The van der Waals surface area contributed by atoms with E-state index in [1.807, 2.05) is 6.92 Å². The fraction of sp³-hybridized carbons (Fsp3) is 0.176. The van der Waals surface area contributed by atoms with Crippen LogP contribution in [0.5, 0.6) is 11.5 Å². The third-order valence-corrected chi connectivity index (χ3v) is 3.78. The molecule has 124 valence electrons. The van der Waals surface area contributed by atoms with E-state index in [0.29, 0.717) is 22.2 Å². The fourth-order valence-corrected chi connectivity index (χ4v) is 2.39. The number of nitrogens with one attached hydrogen (secondary N) is 2. The van der Waals surface area contributed by atoms with Gasteiger partial charge in [-0.3, -0.25) is 9.59 Å². The van der Waals surface area contributed by atoms with Gasteiger partial charge in [-0.2, -0.15) is 0 Å². The van der Waals surface area contributed by atoms with E-state index in [2.05, 4.69) is 10.6 Å². The fourth-order valence-electron chi connectivity index (χ4n) is 2.22. The average molecular weight is 347 g/mol. The van der Waals surface area contributed by atoms with Crippen LogP contribution >= 0.6 is 11.6 Å². The van der Waals surface area contributed by atoms with Crippen molar-refractivity contribution in [2.24, 2.45) is 0 Å². The number of fused-ring (bicyclic) bond motifs is 1. The number of carbonyl (C=O) groups excluding carboxylic acids is 2. The molecule has 2 N–H and O–H groups in total. The third-order valence-electron chi connectivity index (χ3n) is 3.54. The molecule has 0 spiro atoms. The maximum atomic E-state index is 12.0. The van der Waals surface area contributed by atoms with Gasteiger partial charge in [-0.25, -0.2) is 0 Å². The van der Waals surface area contributed by atoms with E-state index >= 15 is 0 Å². The Morgan fingerprint density at radius 1 is 1.08 bits per heavy atom. The highest BCUT2D eigenvalue weighted by atomic mass is 35.5. The summed E-state index contributed by atoms with van der Waals surface area (Å²) in [7, 11) is 0. The van der Waals surface area contributed by atoms with E-state index in [1.165, 1.54) is 0 Å². The quantitative estimate of drug-likeness (QED) is 0.838. The van der Waals surface area contributed by atoms with Crippen LogP contribution in [-0.4, -0.2) is 18.6 Å². The van der Waals surface area contributed by atoms with Crippen molar-refractivity contribution in [3.8, 4) is 11.5 Å². The zero-order valence-electron chi connectivity index (χ0n) is 12.9. The first-order valence-electron chi connectivity index (χ1n) is 7.27. The van der Waals surface area contributed by atoms with Gasteiger partial charge >= 0.3 is 11.8 Å². The number of halogens is 1. The summed E-state index contributed by atoms with van der Waals surface area (Å²) in [6, 6.07) is 10.4. The lowest BCUT2D eigenvalue weighted by Gasteiger charge is -2.09. The van der Waals surface area contributed by atoms with Crippen molar-refractivity contribution < 1.29 is 19.1 Å². The molecule has 0 saturated carbocycles. The zero-order valence-corrected chi connectivity index (χ0v) is 13.6. The van der Waals surface area contributed by atoms with Gasteiger partial charge in [0.2, 0.25) is 6.79 Å². The molecule has 0 atom stereocenters. The maximum absolute atomic E-state index is 12.0. The second-order valence-corrected chi connectivity index (χ2v) is 5.72. The lowest BCUT2D eigenvalue weighted by Crippen LogP contribution is -2.35. The van der Waals surface area contributed by atoms with Crippen LogP contribution in [0.3, 0.4) is 0 Å². The number of ether oxygens (including phenoxy) is 2. The molecule has 7 heteroatoms. The van der Waals surface area contributed by atoms with E-state index < -0.39 is 11.8 Å². The number of hydrogen-bond donors (Lipinski definition) is 2. The molecule has 0 saturated heterocycles. The Kier molecular flexibility index (Phi) is 4.57. The van der Waals surface area contributed by atoms with Crippen LogP contribution in [0.4, 0.5) is 5.69 Å². The summed E-state index contributed by atoms with van der Waals surface area (Å²) in [5.41, 5.74) is 2.13. The van der Waals surface area contributed by atoms with Gasteiger partial charge in [0.15, 0.2) is 11.5 Å². The second kappa shape index (κ2) is 6.80. The number of amides is 2. The van der Waals surface area contributed by atoms with E-state index in [-0.39, 0.29) is 13.3 Å². The molecule has 2 aromatic carbocycles. The third kappa shape index (κ3) is 3.60. The Bertz CT molecular complexity index is 807. The van der Waals surface area contributed by atoms with Gasteiger partial charge < -0.3 is 20.1 Å². The van der Waals surface area contributed by atoms with E-state index in [9.17, 15) is 9.59 Å². The molecule has 1 aliphatic heterocycles. The summed E-state index contributed by atoms with van der Waals surface area (Å²) in [4.78, 5) is 23.9. The first-order chi connectivity index (χ1) is 11.5. The number of rotatable bonds is 3. The van der Waals surface area contributed by atoms with Gasteiger partial charge in [-0.15, -0.1) is 0 Å². The molecule has 6 nitrogen and oxygen atoms in total. The van der Waals surface area contributed by atoms with E-state index in [0.717, 1.165) is 11.1 Å². The Hall–Kier alpha value is -2.73. The van der Waals surface area contributed by atoms with Gasteiger partial charge in [0.05, 0.1) is 0 Å². The molecule has 2 amide bonds. The standard InChI is InChI=1S/C17H15ClN2O4/c1-10-2-4-12(18)7-13(10)20-17(22)16(21)19-8-11-3-5-14-15(6-11)24-9-23-14/h2-7H,8-9H2,1H3,(H,19,21)(H,20,22). The van der Waals surface area contributed by atoms with Gasteiger partial charge in [0.1, 0.15) is 0 Å². The molecule has 0 fully saturated rings. The summed E-state index contributed by atoms with van der Waals surface area (Å²) >= 11 is 5.89. The zero-order chi connectivity index (χ0) is 17.1. The van der Waals surface area contributed by atoms with Crippen LogP contribution in [0.25, 0.3) is 0 Å². The van der Waals surface area contributed by atoms with Crippen LogP contribution in [0.1, 0.15) is 11.1 Å². The molecule has 3 rings (SSSR count). The lowest BCUT2D eigenvalue weighted by molar-refractivity contribution is -0.136. The Labute approximate surface area is 143 Å². The highest BCUT2D eigenvalue weighted by Crippen LogP contribution is 2.32. The summed E-state index contributed by atoms with van der Waals surface area (Å²) in [5, 5.41) is 5.60. The number of carbonyl (C=O) groups is 2. The highest BCUT2D eigenvalue weighted by Gasteiger charge is 2.16. The molecule has 24 heavy (non-hydrogen) atoms. The van der Waals surface area contributed by atoms with Crippen LogP contribution in [0, 0.1) is 6.92 Å². The largest absolute Gasteiger partial charge is 0.454 e. The predicted octanol–water partition coefficient (Wildman–Crippen LogP) is 2.63. The SMILES string of the molecule is Cc1ccc(Cl)cc1NC(=O)C(=O)NCc1ccc2c(c1)OCO2. The minimum atomic E-state index is -0.749. The van der Waals surface area contributed by atoms with E-state index in [4.69, 9.17) is 21.1 Å². The minimum Gasteiger partial charge on any atom is -0.454 e. The summed E-state index contributed by atoms with van der Waals surface area (Å²) < 4.78 is 10.5. The van der Waals surface area contributed by atoms with Crippen LogP contribution in [0.2, 0.25) is 5.02 Å². The number of hydrogen-bond acceptors (Lipinski definition) is 4. The number of benzene rings is 2. The minimum absolute atomic E-state index is 0.187. The molecule has 1 aliphatic rings. The van der Waals surface area contributed by atoms with Crippen molar-refractivity contribution in [3.63, 3.8) is 0 Å². The van der Waals surface area contributed by atoms with Crippen molar-refractivity contribution in [1.82, 2.24) is 5.32 Å². The predicted molar refractivity (Wildman–Crippen MR) is 89.2 cm³/mol. The summed E-state index contributed by atoms with van der Waals surface area (Å²) in [5.74, 6) is -0.187. The normalized spacial score (nSPS) is 11.9. The molecule has 0 radical (unpaired) electrons. The monoisotopic (exact) mass is 346 g/mol. The number of aryl methyl sites for hydroxylation is 1. The Balaban J connectivity index is 1.58. The van der Waals surface area contributed by atoms with Crippen molar-refractivity contribution in [2.75, 3.05) is 12.1 Å². The Morgan fingerprint density at radius 2 is 1.88 bits per heavy atom. The summed E-state index contributed by atoms with van der Waals surface area (Å²) in [6.07, 6.45) is 0. The van der Waals surface area contributed by atoms with Gasteiger partial charge in [0, 0.05) is 17.3 Å². The Morgan fingerprint density at radius 3 is 2.71 bits per heavy atom. The van der Waals surface area contributed by atoms with Gasteiger partial charge in [-0.1, -0.05) is 23.7 Å². The molecule has 0 bridgehead atoms. The van der Waals surface area contributed by atoms with Crippen molar-refractivity contribution in [3.05, 3.63) is 52.5 Å². The molecule has 0 unspecified atom stereocenters. The smallest absolute Gasteiger partial charge is 0.313 e. The maximum Gasteiger partial charge on any atom is 0.313 e. The molecular formula is C17H15ClN2O4. The molecule has 0 aliphatic carbocycles. The summed E-state index contributed by atoms with van der Waals surface area (Å²) in [6.45, 7) is 2.21. The van der Waals surface area contributed by atoms with Gasteiger partial charge in [-0.05, 0) is 42.3 Å².